The van der Waals surface area contributed by atoms with Crippen molar-refractivity contribution in [2.75, 3.05) is 26.3 Å². The van der Waals surface area contributed by atoms with Gasteiger partial charge in [0.25, 0.3) is 0 Å². The first-order valence-electron chi connectivity index (χ1n) is 6.73. The summed E-state index contributed by atoms with van der Waals surface area (Å²) in [5.74, 6) is -0.682. The number of rotatable bonds is 4. The molecule has 2 aliphatic heterocycles. The molecule has 17 heavy (non-hydrogen) atoms. The topological polar surface area (TPSA) is 49.8 Å². The molecule has 0 bridgehead atoms. The van der Waals surface area contributed by atoms with Gasteiger partial charge in [-0.3, -0.25) is 9.69 Å². The lowest BCUT2D eigenvalue weighted by Gasteiger charge is -2.38. The number of aliphatic carboxylic acids is 1. The molecule has 2 heterocycles. The van der Waals surface area contributed by atoms with E-state index in [1.807, 2.05) is 0 Å². The minimum Gasteiger partial charge on any atom is -0.481 e. The van der Waals surface area contributed by atoms with Crippen molar-refractivity contribution < 1.29 is 14.6 Å². The first kappa shape index (κ1) is 12.8. The number of carboxylic acids is 1. The van der Waals surface area contributed by atoms with E-state index in [9.17, 15) is 9.90 Å². The zero-order valence-corrected chi connectivity index (χ0v) is 10.7. The third kappa shape index (κ3) is 2.63. The Hall–Kier alpha value is -0.610. The van der Waals surface area contributed by atoms with Gasteiger partial charge in [0.05, 0.1) is 6.61 Å². The average Bonchev–Trinajstić information content (AvgIpc) is 2.77. The molecule has 2 saturated heterocycles. The molecule has 2 aliphatic rings. The summed E-state index contributed by atoms with van der Waals surface area (Å²) >= 11 is 0. The Bertz CT molecular complexity index is 274. The van der Waals surface area contributed by atoms with E-state index >= 15 is 0 Å². The van der Waals surface area contributed by atoms with Gasteiger partial charge in [-0.15, -0.1) is 0 Å². The second-order valence-electron chi connectivity index (χ2n) is 5.42. The van der Waals surface area contributed by atoms with E-state index in [0.717, 1.165) is 25.8 Å². The summed E-state index contributed by atoms with van der Waals surface area (Å²) in [4.78, 5) is 13.9. The highest BCUT2D eigenvalue weighted by Gasteiger charge is 2.43. The van der Waals surface area contributed by atoms with E-state index < -0.39 is 11.4 Å². The number of ether oxygens (including phenoxy) is 1. The second-order valence-corrected chi connectivity index (χ2v) is 5.42. The summed E-state index contributed by atoms with van der Waals surface area (Å²) in [7, 11) is 0. The molecular weight excluding hydrogens is 218 g/mol. The van der Waals surface area contributed by atoms with Crippen LogP contribution in [0.25, 0.3) is 0 Å². The van der Waals surface area contributed by atoms with Gasteiger partial charge in [-0.25, -0.2) is 0 Å². The molecule has 0 aliphatic carbocycles. The number of carboxylic acid groups (broad SMARTS) is 1. The van der Waals surface area contributed by atoms with Crippen LogP contribution in [-0.2, 0) is 9.53 Å². The van der Waals surface area contributed by atoms with Crippen molar-refractivity contribution in [3.63, 3.8) is 0 Å². The Labute approximate surface area is 103 Å². The quantitative estimate of drug-likeness (QED) is 0.814. The number of carbonyl (C=O) groups is 1. The average molecular weight is 241 g/mol. The van der Waals surface area contributed by atoms with Gasteiger partial charge in [-0.2, -0.15) is 0 Å². The summed E-state index contributed by atoms with van der Waals surface area (Å²) in [6.45, 7) is 5.00. The van der Waals surface area contributed by atoms with Crippen LogP contribution in [-0.4, -0.2) is 48.3 Å². The van der Waals surface area contributed by atoms with Crippen LogP contribution in [0.15, 0.2) is 0 Å². The van der Waals surface area contributed by atoms with Gasteiger partial charge in [0.2, 0.25) is 0 Å². The molecule has 0 radical (unpaired) electrons. The SMILES string of the molecule is CCC1CCCN1CC1(C(=O)O)CCCOC1. The fraction of sp³-hybridized carbons (Fsp3) is 0.923. The third-order valence-electron chi connectivity index (χ3n) is 4.25. The van der Waals surface area contributed by atoms with Crippen molar-refractivity contribution in [2.45, 2.75) is 45.1 Å². The fourth-order valence-corrected chi connectivity index (χ4v) is 3.17. The molecule has 2 fully saturated rings. The lowest BCUT2D eigenvalue weighted by molar-refractivity contribution is -0.159. The Balaban J connectivity index is 2.04. The van der Waals surface area contributed by atoms with E-state index in [1.54, 1.807) is 0 Å². The zero-order chi connectivity index (χ0) is 12.3. The van der Waals surface area contributed by atoms with E-state index in [1.165, 1.54) is 12.8 Å². The van der Waals surface area contributed by atoms with Crippen molar-refractivity contribution in [3.05, 3.63) is 0 Å². The highest BCUT2D eigenvalue weighted by atomic mass is 16.5. The normalized spacial score (nSPS) is 35.0. The van der Waals surface area contributed by atoms with Crippen molar-refractivity contribution in [2.24, 2.45) is 5.41 Å². The summed E-state index contributed by atoms with van der Waals surface area (Å²) in [6, 6.07) is 0.577. The Morgan fingerprint density at radius 3 is 2.94 bits per heavy atom. The smallest absolute Gasteiger partial charge is 0.313 e. The number of nitrogens with zero attached hydrogens (tertiary/aromatic N) is 1. The molecule has 4 nitrogen and oxygen atoms in total. The number of likely N-dealkylation sites (tertiary alicyclic amines) is 1. The molecule has 0 saturated carbocycles. The molecule has 0 spiro atoms. The summed E-state index contributed by atoms with van der Waals surface area (Å²) in [6.07, 6.45) is 5.17. The van der Waals surface area contributed by atoms with E-state index in [0.29, 0.717) is 25.8 Å². The predicted molar refractivity (Wildman–Crippen MR) is 65.0 cm³/mol. The van der Waals surface area contributed by atoms with Crippen molar-refractivity contribution >= 4 is 5.97 Å². The molecule has 2 atom stereocenters. The van der Waals surface area contributed by atoms with Crippen LogP contribution in [0, 0.1) is 5.41 Å². The minimum absolute atomic E-state index is 0.384. The van der Waals surface area contributed by atoms with E-state index in [-0.39, 0.29) is 0 Å². The van der Waals surface area contributed by atoms with Gasteiger partial charge in [-0.05, 0) is 38.6 Å². The van der Waals surface area contributed by atoms with Gasteiger partial charge in [0.15, 0.2) is 0 Å². The molecule has 0 aromatic rings. The Morgan fingerprint density at radius 1 is 1.53 bits per heavy atom. The largest absolute Gasteiger partial charge is 0.481 e. The monoisotopic (exact) mass is 241 g/mol. The Morgan fingerprint density at radius 2 is 2.35 bits per heavy atom. The van der Waals surface area contributed by atoms with Crippen LogP contribution in [0.3, 0.4) is 0 Å². The van der Waals surface area contributed by atoms with Crippen LogP contribution < -0.4 is 0 Å². The predicted octanol–water partition coefficient (Wildman–Crippen LogP) is 1.74. The molecular formula is C13H23NO3. The molecule has 2 unspecified atom stereocenters. The second kappa shape index (κ2) is 5.36. The Kier molecular flexibility index (Phi) is 4.05. The lowest BCUT2D eigenvalue weighted by Crippen LogP contribution is -2.49. The molecule has 2 rings (SSSR count). The van der Waals surface area contributed by atoms with Crippen molar-refractivity contribution in [1.82, 2.24) is 4.90 Å². The van der Waals surface area contributed by atoms with Gasteiger partial charge in [0, 0.05) is 19.2 Å². The maximum Gasteiger partial charge on any atom is 0.313 e. The summed E-state index contributed by atoms with van der Waals surface area (Å²) < 4.78 is 5.42. The van der Waals surface area contributed by atoms with E-state index in [4.69, 9.17) is 4.74 Å². The van der Waals surface area contributed by atoms with E-state index in [2.05, 4.69) is 11.8 Å². The first-order chi connectivity index (χ1) is 8.18. The molecule has 1 N–H and O–H groups in total. The maximum atomic E-state index is 11.6. The van der Waals surface area contributed by atoms with Crippen LogP contribution in [0.4, 0.5) is 0 Å². The molecule has 0 aromatic heterocycles. The highest BCUT2D eigenvalue weighted by Crippen LogP contribution is 2.33. The zero-order valence-electron chi connectivity index (χ0n) is 10.7. The number of hydrogen-bond acceptors (Lipinski definition) is 3. The number of hydrogen-bond donors (Lipinski definition) is 1. The maximum absolute atomic E-state index is 11.6. The molecule has 4 heteroatoms. The minimum atomic E-state index is -0.682. The molecule has 0 aromatic carbocycles. The highest BCUT2D eigenvalue weighted by molar-refractivity contribution is 5.75. The van der Waals surface area contributed by atoms with Gasteiger partial charge in [0.1, 0.15) is 5.41 Å². The van der Waals surface area contributed by atoms with Crippen LogP contribution in [0.5, 0.6) is 0 Å². The van der Waals surface area contributed by atoms with Crippen LogP contribution >= 0.6 is 0 Å². The lowest BCUT2D eigenvalue weighted by atomic mass is 9.82. The summed E-state index contributed by atoms with van der Waals surface area (Å²) in [5, 5.41) is 9.50. The van der Waals surface area contributed by atoms with Crippen molar-refractivity contribution in [1.29, 1.82) is 0 Å². The van der Waals surface area contributed by atoms with Gasteiger partial charge >= 0.3 is 5.97 Å². The molecule has 98 valence electrons. The van der Waals surface area contributed by atoms with Crippen LogP contribution in [0.2, 0.25) is 0 Å². The first-order valence-corrected chi connectivity index (χ1v) is 6.73. The van der Waals surface area contributed by atoms with Gasteiger partial charge < -0.3 is 9.84 Å². The van der Waals surface area contributed by atoms with Crippen LogP contribution in [0.1, 0.15) is 39.0 Å². The van der Waals surface area contributed by atoms with Crippen molar-refractivity contribution in [3.8, 4) is 0 Å². The standard InChI is InChI=1S/C13H23NO3/c1-2-11-5-3-7-14(11)9-13(12(15)16)6-4-8-17-10-13/h11H,2-10H2,1H3,(H,15,16). The van der Waals surface area contributed by atoms with Gasteiger partial charge in [-0.1, -0.05) is 6.92 Å². The molecule has 0 amide bonds. The third-order valence-corrected chi connectivity index (χ3v) is 4.25. The fourth-order valence-electron chi connectivity index (χ4n) is 3.17. The summed E-state index contributed by atoms with van der Waals surface area (Å²) in [5.41, 5.74) is -0.657.